The van der Waals surface area contributed by atoms with Gasteiger partial charge in [0.05, 0.1) is 0 Å². The minimum atomic E-state index is 0.0415. The first-order chi connectivity index (χ1) is 11.0. The van der Waals surface area contributed by atoms with Crippen LogP contribution in [0.3, 0.4) is 0 Å². The molecule has 0 heterocycles. The first-order valence-corrected chi connectivity index (χ1v) is 8.61. The van der Waals surface area contributed by atoms with Gasteiger partial charge in [-0.25, -0.2) is 0 Å². The summed E-state index contributed by atoms with van der Waals surface area (Å²) in [6.45, 7) is 3.95. The van der Waals surface area contributed by atoms with E-state index in [1.807, 2.05) is 26.0 Å². The highest BCUT2D eigenvalue weighted by molar-refractivity contribution is 5.49. The third kappa shape index (κ3) is 2.08. The topological polar surface area (TPSA) is 40.5 Å². The van der Waals surface area contributed by atoms with Crippen LogP contribution >= 0.6 is 0 Å². The van der Waals surface area contributed by atoms with Gasteiger partial charge >= 0.3 is 0 Å². The van der Waals surface area contributed by atoms with Crippen LogP contribution in [0.5, 0.6) is 11.5 Å². The molecule has 0 saturated heterocycles. The first-order valence-electron chi connectivity index (χ1n) is 8.61. The second-order valence-corrected chi connectivity index (χ2v) is 7.55. The molecule has 2 nitrogen and oxygen atoms in total. The molecule has 2 saturated carbocycles. The fraction of sp³-hybridized carbons (Fsp3) is 0.429. The number of fused-ring (bicyclic) bond motifs is 2. The van der Waals surface area contributed by atoms with E-state index in [4.69, 9.17) is 0 Å². The van der Waals surface area contributed by atoms with Gasteiger partial charge in [-0.05, 0) is 79.3 Å². The van der Waals surface area contributed by atoms with Crippen molar-refractivity contribution in [3.63, 3.8) is 0 Å². The maximum absolute atomic E-state index is 9.92. The molecule has 0 aliphatic heterocycles. The van der Waals surface area contributed by atoms with Crippen molar-refractivity contribution in [3.8, 4) is 11.5 Å². The maximum atomic E-state index is 9.92. The van der Waals surface area contributed by atoms with E-state index >= 15 is 0 Å². The molecular formula is C21H24O2. The number of hydrogen-bond donors (Lipinski definition) is 2. The first kappa shape index (κ1) is 14.6. The number of hydrogen-bond acceptors (Lipinski definition) is 2. The average molecular weight is 308 g/mol. The molecule has 2 aromatic carbocycles. The fourth-order valence-corrected chi connectivity index (χ4v) is 5.07. The standard InChI is InChI=1S/C21H24O2/c1-13-9-16(5-7-19(13)22)21(12-15-3-4-18(21)11-15)17-6-8-20(23)14(2)10-17/h5-10,15,18,22-23H,3-4,11-12H2,1-2H3. The molecule has 0 spiro atoms. The van der Waals surface area contributed by atoms with Crippen molar-refractivity contribution < 1.29 is 10.2 Å². The Labute approximate surface area is 137 Å². The van der Waals surface area contributed by atoms with E-state index in [0.29, 0.717) is 17.4 Å². The van der Waals surface area contributed by atoms with Crippen LogP contribution in [0.4, 0.5) is 0 Å². The zero-order valence-electron chi connectivity index (χ0n) is 13.8. The number of aryl methyl sites for hydroxylation is 2. The third-order valence-corrected chi connectivity index (χ3v) is 6.27. The Hall–Kier alpha value is -1.96. The Kier molecular flexibility index (Phi) is 3.19. The molecule has 2 aliphatic carbocycles. The molecule has 0 amide bonds. The zero-order valence-corrected chi connectivity index (χ0v) is 13.8. The monoisotopic (exact) mass is 308 g/mol. The number of aromatic hydroxyl groups is 2. The Morgan fingerprint density at radius 3 is 1.83 bits per heavy atom. The van der Waals surface area contributed by atoms with E-state index < -0.39 is 0 Å². The normalized spacial score (nSPS) is 25.0. The van der Waals surface area contributed by atoms with Crippen molar-refractivity contribution in [2.75, 3.05) is 0 Å². The predicted molar refractivity (Wildman–Crippen MR) is 91.9 cm³/mol. The molecule has 2 unspecified atom stereocenters. The number of benzene rings is 2. The molecule has 2 aromatic rings. The summed E-state index contributed by atoms with van der Waals surface area (Å²) >= 11 is 0. The molecule has 2 heteroatoms. The minimum Gasteiger partial charge on any atom is -0.508 e. The zero-order chi connectivity index (χ0) is 16.2. The molecule has 0 radical (unpaired) electrons. The quantitative estimate of drug-likeness (QED) is 0.835. The lowest BCUT2D eigenvalue weighted by Gasteiger charge is -2.39. The van der Waals surface area contributed by atoms with Gasteiger partial charge in [0.2, 0.25) is 0 Å². The van der Waals surface area contributed by atoms with E-state index in [0.717, 1.165) is 17.0 Å². The van der Waals surface area contributed by atoms with Gasteiger partial charge in [-0.2, -0.15) is 0 Å². The summed E-state index contributed by atoms with van der Waals surface area (Å²) in [6, 6.07) is 12.2. The lowest BCUT2D eigenvalue weighted by atomic mass is 9.64. The van der Waals surface area contributed by atoms with Crippen LogP contribution in [0.2, 0.25) is 0 Å². The van der Waals surface area contributed by atoms with Crippen LogP contribution in [0, 0.1) is 25.7 Å². The molecule has 2 atom stereocenters. The SMILES string of the molecule is Cc1cc(C2(c3ccc(O)c(C)c3)CC3CCC2C3)ccc1O. The van der Waals surface area contributed by atoms with E-state index in [1.54, 1.807) is 0 Å². The summed E-state index contributed by atoms with van der Waals surface area (Å²) in [5, 5.41) is 19.8. The lowest BCUT2D eigenvalue weighted by Crippen LogP contribution is -2.34. The van der Waals surface area contributed by atoms with Crippen LogP contribution in [-0.2, 0) is 5.41 Å². The molecule has 4 rings (SSSR count). The summed E-state index contributed by atoms with van der Waals surface area (Å²) in [5.41, 5.74) is 4.58. The van der Waals surface area contributed by atoms with Gasteiger partial charge in [0.1, 0.15) is 11.5 Å². The summed E-state index contributed by atoms with van der Waals surface area (Å²) in [4.78, 5) is 0. The van der Waals surface area contributed by atoms with Crippen molar-refractivity contribution >= 4 is 0 Å². The molecule has 2 bridgehead atoms. The Bertz CT molecular complexity index is 711. The smallest absolute Gasteiger partial charge is 0.118 e. The van der Waals surface area contributed by atoms with E-state index in [9.17, 15) is 10.2 Å². The van der Waals surface area contributed by atoms with Crippen LogP contribution < -0.4 is 0 Å². The van der Waals surface area contributed by atoms with Gasteiger partial charge in [0.25, 0.3) is 0 Å². The lowest BCUT2D eigenvalue weighted by molar-refractivity contribution is 0.319. The maximum Gasteiger partial charge on any atom is 0.118 e. The Morgan fingerprint density at radius 2 is 1.43 bits per heavy atom. The summed E-state index contributed by atoms with van der Waals surface area (Å²) < 4.78 is 0. The molecule has 23 heavy (non-hydrogen) atoms. The van der Waals surface area contributed by atoms with Crippen LogP contribution in [-0.4, -0.2) is 10.2 Å². The summed E-state index contributed by atoms with van der Waals surface area (Å²) in [6.07, 6.45) is 5.12. The second kappa shape index (κ2) is 5.02. The van der Waals surface area contributed by atoms with Crippen molar-refractivity contribution in [3.05, 3.63) is 58.7 Å². The minimum absolute atomic E-state index is 0.0415. The van der Waals surface area contributed by atoms with Gasteiger partial charge in [0.15, 0.2) is 0 Å². The van der Waals surface area contributed by atoms with Crippen molar-refractivity contribution in [1.82, 2.24) is 0 Å². The molecule has 2 fully saturated rings. The van der Waals surface area contributed by atoms with Gasteiger partial charge in [-0.3, -0.25) is 0 Å². The molecule has 120 valence electrons. The van der Waals surface area contributed by atoms with Gasteiger partial charge < -0.3 is 10.2 Å². The fourth-order valence-electron chi connectivity index (χ4n) is 5.07. The highest BCUT2D eigenvalue weighted by Gasteiger charge is 2.52. The largest absolute Gasteiger partial charge is 0.508 e. The predicted octanol–water partition coefficient (Wildman–Crippen LogP) is 4.82. The Morgan fingerprint density at radius 1 is 0.870 bits per heavy atom. The average Bonchev–Trinajstić information content (AvgIpc) is 3.14. The van der Waals surface area contributed by atoms with E-state index in [-0.39, 0.29) is 5.41 Å². The van der Waals surface area contributed by atoms with Gasteiger partial charge in [-0.1, -0.05) is 30.7 Å². The second-order valence-electron chi connectivity index (χ2n) is 7.55. The van der Waals surface area contributed by atoms with Crippen LogP contribution in [0.1, 0.15) is 47.9 Å². The highest BCUT2D eigenvalue weighted by Crippen LogP contribution is 2.60. The van der Waals surface area contributed by atoms with E-state index in [1.165, 1.54) is 36.8 Å². The van der Waals surface area contributed by atoms with E-state index in [2.05, 4.69) is 24.3 Å². The highest BCUT2D eigenvalue weighted by atomic mass is 16.3. The van der Waals surface area contributed by atoms with Gasteiger partial charge in [0, 0.05) is 5.41 Å². The Balaban J connectivity index is 1.91. The number of phenols is 2. The van der Waals surface area contributed by atoms with Crippen molar-refractivity contribution in [2.45, 2.75) is 44.9 Å². The van der Waals surface area contributed by atoms with Crippen LogP contribution in [0.15, 0.2) is 36.4 Å². The number of rotatable bonds is 2. The molecule has 0 aromatic heterocycles. The van der Waals surface area contributed by atoms with Crippen molar-refractivity contribution in [1.29, 1.82) is 0 Å². The molecular weight excluding hydrogens is 284 g/mol. The van der Waals surface area contributed by atoms with Crippen molar-refractivity contribution in [2.24, 2.45) is 11.8 Å². The molecule has 2 N–H and O–H groups in total. The summed E-state index contributed by atoms with van der Waals surface area (Å²) in [5.74, 6) is 2.21. The van der Waals surface area contributed by atoms with Crippen LogP contribution in [0.25, 0.3) is 0 Å². The summed E-state index contributed by atoms with van der Waals surface area (Å²) in [7, 11) is 0. The number of phenolic OH excluding ortho intramolecular Hbond substituents is 2. The molecule has 2 aliphatic rings. The third-order valence-electron chi connectivity index (χ3n) is 6.27. The van der Waals surface area contributed by atoms with Gasteiger partial charge in [-0.15, -0.1) is 0 Å².